The van der Waals surface area contributed by atoms with Crippen molar-refractivity contribution in [2.75, 3.05) is 17.6 Å². The van der Waals surface area contributed by atoms with Gasteiger partial charge in [-0.1, -0.05) is 56.7 Å². The average molecular weight is 580 g/mol. The third-order valence-electron chi connectivity index (χ3n) is 8.94. The monoisotopic (exact) mass is 579 g/mol. The van der Waals surface area contributed by atoms with Gasteiger partial charge < -0.3 is 16.4 Å². The summed E-state index contributed by atoms with van der Waals surface area (Å²) in [6.07, 6.45) is 16.2. The van der Waals surface area contributed by atoms with Crippen molar-refractivity contribution in [1.29, 1.82) is 0 Å². The molecule has 0 radical (unpaired) electrons. The van der Waals surface area contributed by atoms with E-state index in [1.165, 1.54) is 32.1 Å². The Labute approximate surface area is 252 Å². The number of nitrogens with zero attached hydrogens (tertiary/aromatic N) is 4. The van der Waals surface area contributed by atoms with Crippen LogP contribution < -0.4 is 16.4 Å². The highest BCUT2D eigenvalue weighted by Crippen LogP contribution is 2.40. The zero-order valence-corrected chi connectivity index (χ0v) is 24.7. The van der Waals surface area contributed by atoms with E-state index in [1.54, 1.807) is 24.4 Å². The molecule has 2 atom stereocenters. The molecule has 0 unspecified atom stereocenters. The van der Waals surface area contributed by atoms with Crippen LogP contribution in [0.5, 0.6) is 0 Å². The first-order valence-corrected chi connectivity index (χ1v) is 15.8. The lowest BCUT2D eigenvalue weighted by Crippen LogP contribution is -2.35. The lowest BCUT2D eigenvalue weighted by Gasteiger charge is -2.29. The minimum absolute atomic E-state index is 0.0170. The minimum atomic E-state index is -0.227. The highest BCUT2D eigenvalue weighted by atomic mass is 16.2. The Morgan fingerprint density at radius 2 is 1.72 bits per heavy atom. The van der Waals surface area contributed by atoms with Gasteiger partial charge in [-0.2, -0.15) is 5.10 Å². The molecule has 2 bridgehead atoms. The third kappa shape index (κ3) is 6.55. The molecule has 1 saturated carbocycles. The van der Waals surface area contributed by atoms with Crippen molar-refractivity contribution < 1.29 is 9.59 Å². The molecule has 4 heterocycles. The standard InChI is InChI=1S/C34H41N7O2/c35-32-29-30(23-15-17-24(18-16-23)34(43)39-28-14-7-9-19-36-28)40-41-27-13-10-12-25(21-27)33(42)37-20-8-5-3-1-2-4-6-11-26(22-38-32)31(29)41/h7,9,14-19,22,25,27H,1-6,8,10-13,20-21H2,(H2,35,38)(H,37,42)(H,36,39,43)/t25-,27-/m1/s1. The molecule has 3 aromatic heterocycles. The molecule has 224 valence electrons. The Kier molecular flexibility index (Phi) is 8.96. The van der Waals surface area contributed by atoms with Crippen LogP contribution in [0.1, 0.15) is 92.6 Å². The second kappa shape index (κ2) is 13.4. The van der Waals surface area contributed by atoms with Crippen LogP contribution in [0.2, 0.25) is 0 Å². The van der Waals surface area contributed by atoms with Crippen molar-refractivity contribution in [2.24, 2.45) is 5.92 Å². The summed E-state index contributed by atoms with van der Waals surface area (Å²) in [7, 11) is 0. The maximum atomic E-state index is 13.1. The molecule has 1 aliphatic heterocycles. The van der Waals surface area contributed by atoms with Gasteiger partial charge in [-0.25, -0.2) is 9.97 Å². The smallest absolute Gasteiger partial charge is 0.256 e. The fourth-order valence-corrected chi connectivity index (χ4v) is 6.62. The first kappa shape index (κ1) is 28.8. The number of carbonyl (C=O) groups excluding carboxylic acids is 2. The molecular formula is C34H41N7O2. The van der Waals surface area contributed by atoms with Crippen LogP contribution in [0.25, 0.3) is 22.2 Å². The van der Waals surface area contributed by atoms with Gasteiger partial charge in [-0.05, 0) is 68.4 Å². The molecule has 0 saturated heterocycles. The Bertz CT molecular complexity index is 1570. The number of carbonyl (C=O) groups is 2. The van der Waals surface area contributed by atoms with Crippen molar-refractivity contribution in [2.45, 2.75) is 83.1 Å². The summed E-state index contributed by atoms with van der Waals surface area (Å²) >= 11 is 0. The number of amides is 2. The molecule has 43 heavy (non-hydrogen) atoms. The topological polar surface area (TPSA) is 128 Å². The van der Waals surface area contributed by atoms with E-state index in [1.807, 2.05) is 30.5 Å². The van der Waals surface area contributed by atoms with Crippen molar-refractivity contribution in [3.63, 3.8) is 0 Å². The number of aryl methyl sites for hydroxylation is 1. The van der Waals surface area contributed by atoms with Gasteiger partial charge in [0.15, 0.2) is 0 Å². The van der Waals surface area contributed by atoms with Gasteiger partial charge in [0.2, 0.25) is 5.91 Å². The second-order valence-electron chi connectivity index (χ2n) is 12.0. The number of anilines is 2. The fraction of sp³-hybridized carbons (Fsp3) is 0.441. The molecule has 1 aromatic carbocycles. The summed E-state index contributed by atoms with van der Waals surface area (Å²) in [4.78, 5) is 34.8. The van der Waals surface area contributed by atoms with Gasteiger partial charge in [0.1, 0.15) is 17.3 Å². The molecule has 6 rings (SSSR count). The third-order valence-corrected chi connectivity index (χ3v) is 8.94. The van der Waals surface area contributed by atoms with Crippen molar-refractivity contribution in [3.05, 3.63) is 66.0 Å². The Morgan fingerprint density at radius 3 is 2.51 bits per heavy atom. The molecule has 2 amide bonds. The molecule has 1 aliphatic carbocycles. The van der Waals surface area contributed by atoms with Crippen LogP contribution in [0, 0.1) is 5.92 Å². The van der Waals surface area contributed by atoms with E-state index >= 15 is 0 Å². The van der Waals surface area contributed by atoms with Crippen LogP contribution in [0.3, 0.4) is 0 Å². The van der Waals surface area contributed by atoms with E-state index in [4.69, 9.17) is 10.8 Å². The number of benzene rings is 1. The fourth-order valence-electron chi connectivity index (χ4n) is 6.62. The zero-order chi connectivity index (χ0) is 29.6. The first-order valence-electron chi connectivity index (χ1n) is 15.8. The van der Waals surface area contributed by atoms with E-state index in [0.29, 0.717) is 17.2 Å². The Morgan fingerprint density at radius 1 is 0.930 bits per heavy atom. The molecule has 2 aliphatic rings. The number of rotatable bonds is 3. The lowest BCUT2D eigenvalue weighted by atomic mass is 9.85. The number of fused-ring (bicyclic) bond motifs is 3. The number of aromatic nitrogens is 4. The number of nitrogens with one attached hydrogen (secondary N) is 2. The molecule has 4 N–H and O–H groups in total. The summed E-state index contributed by atoms with van der Waals surface area (Å²) in [5.41, 5.74) is 10.9. The van der Waals surface area contributed by atoms with Gasteiger partial charge in [0.05, 0.1) is 16.9 Å². The summed E-state index contributed by atoms with van der Waals surface area (Å²) < 4.78 is 2.15. The van der Waals surface area contributed by atoms with Crippen LogP contribution >= 0.6 is 0 Å². The second-order valence-corrected chi connectivity index (χ2v) is 12.0. The van der Waals surface area contributed by atoms with Gasteiger partial charge in [0, 0.05) is 36.0 Å². The van der Waals surface area contributed by atoms with Gasteiger partial charge in [-0.15, -0.1) is 0 Å². The largest absolute Gasteiger partial charge is 0.383 e. The van der Waals surface area contributed by atoms with E-state index in [0.717, 1.165) is 79.2 Å². The zero-order valence-electron chi connectivity index (χ0n) is 24.7. The summed E-state index contributed by atoms with van der Waals surface area (Å²) in [6, 6.07) is 12.9. The first-order chi connectivity index (χ1) is 21.1. The summed E-state index contributed by atoms with van der Waals surface area (Å²) in [5.74, 6) is 0.885. The van der Waals surface area contributed by atoms with Gasteiger partial charge in [0.25, 0.3) is 5.91 Å². The number of nitrogen functional groups attached to an aromatic ring is 1. The van der Waals surface area contributed by atoms with Gasteiger partial charge >= 0.3 is 0 Å². The molecule has 9 nitrogen and oxygen atoms in total. The SMILES string of the molecule is Nc1ncc2c3c1c(-c1ccc(C(=O)Nc4ccccn4)cc1)nn3[C@@H]1CCC[C@H](C1)C(=O)NCCCCCCCCC2. The normalized spacial score (nSPS) is 20.2. The molecule has 9 heteroatoms. The van der Waals surface area contributed by atoms with E-state index in [9.17, 15) is 9.59 Å². The Balaban J connectivity index is 1.36. The van der Waals surface area contributed by atoms with E-state index < -0.39 is 0 Å². The molecule has 4 aromatic rings. The van der Waals surface area contributed by atoms with Crippen molar-refractivity contribution in [3.8, 4) is 11.3 Å². The molecule has 0 spiro atoms. The predicted molar refractivity (Wildman–Crippen MR) is 170 cm³/mol. The van der Waals surface area contributed by atoms with E-state index in [2.05, 4.69) is 25.3 Å². The van der Waals surface area contributed by atoms with Crippen molar-refractivity contribution in [1.82, 2.24) is 25.1 Å². The summed E-state index contributed by atoms with van der Waals surface area (Å²) in [6.45, 7) is 0.761. The van der Waals surface area contributed by atoms with Crippen molar-refractivity contribution >= 4 is 34.4 Å². The van der Waals surface area contributed by atoms with Crippen LogP contribution in [0.15, 0.2) is 54.9 Å². The van der Waals surface area contributed by atoms with Gasteiger partial charge in [-0.3, -0.25) is 14.3 Å². The average Bonchev–Trinajstić information content (AvgIpc) is 3.45. The van der Waals surface area contributed by atoms with Crippen LogP contribution in [-0.4, -0.2) is 38.1 Å². The number of hydrogen-bond acceptors (Lipinski definition) is 6. The quantitative estimate of drug-likeness (QED) is 0.256. The lowest BCUT2D eigenvalue weighted by molar-refractivity contribution is -0.126. The highest BCUT2D eigenvalue weighted by molar-refractivity contribution is 6.05. The maximum absolute atomic E-state index is 13.1. The number of hydrogen-bond donors (Lipinski definition) is 3. The highest BCUT2D eigenvalue weighted by Gasteiger charge is 2.31. The number of nitrogens with two attached hydrogens (primary N) is 1. The maximum Gasteiger partial charge on any atom is 0.256 e. The number of pyridine rings is 2. The summed E-state index contributed by atoms with van der Waals surface area (Å²) in [5, 5.41) is 12.1. The van der Waals surface area contributed by atoms with Crippen LogP contribution in [0.4, 0.5) is 11.6 Å². The van der Waals surface area contributed by atoms with Crippen LogP contribution in [-0.2, 0) is 11.2 Å². The molecule has 1 fully saturated rings. The van der Waals surface area contributed by atoms with E-state index in [-0.39, 0.29) is 23.8 Å². The minimum Gasteiger partial charge on any atom is -0.383 e. The Hall–Kier alpha value is -4.27. The molecular weight excluding hydrogens is 538 g/mol. The predicted octanol–water partition coefficient (Wildman–Crippen LogP) is 6.46.